The van der Waals surface area contributed by atoms with Gasteiger partial charge < -0.3 is 15.2 Å². The standard InChI is InChI=1S/C23H23NO2.ClH/c1-17(2)15-21(24)18-13-14-22(25-19-9-5-3-6-10-19)23(16-18)26-20-11-7-4-8-12-20;/h3-14,16,21H,1,15,24H2,2H3;1H/t21-;/m1./s1. The zero-order valence-corrected chi connectivity index (χ0v) is 16.1. The first-order valence-electron chi connectivity index (χ1n) is 8.61. The average Bonchev–Trinajstić information content (AvgIpc) is 2.64. The molecule has 3 nitrogen and oxygen atoms in total. The van der Waals surface area contributed by atoms with Gasteiger partial charge in [-0.15, -0.1) is 19.0 Å². The van der Waals surface area contributed by atoms with Gasteiger partial charge >= 0.3 is 0 Å². The second-order valence-corrected chi connectivity index (χ2v) is 6.30. The van der Waals surface area contributed by atoms with Crippen molar-refractivity contribution in [3.05, 3.63) is 96.6 Å². The molecule has 0 aliphatic rings. The first-order chi connectivity index (χ1) is 12.6. The molecular formula is C23H24ClNO2. The molecule has 0 saturated carbocycles. The molecule has 0 unspecified atom stereocenters. The summed E-state index contributed by atoms with van der Waals surface area (Å²) < 4.78 is 12.1. The van der Waals surface area contributed by atoms with E-state index in [4.69, 9.17) is 15.2 Å². The highest BCUT2D eigenvalue weighted by Crippen LogP contribution is 2.37. The highest BCUT2D eigenvalue weighted by Gasteiger charge is 2.13. The molecule has 2 N–H and O–H groups in total. The maximum atomic E-state index is 6.30. The van der Waals surface area contributed by atoms with Gasteiger partial charge in [0.05, 0.1) is 0 Å². The monoisotopic (exact) mass is 381 g/mol. The van der Waals surface area contributed by atoms with Crippen LogP contribution in [0.15, 0.2) is 91.0 Å². The third-order valence-corrected chi connectivity index (χ3v) is 3.91. The number of ether oxygens (including phenoxy) is 2. The van der Waals surface area contributed by atoms with Crippen LogP contribution in [0.4, 0.5) is 0 Å². The van der Waals surface area contributed by atoms with Crippen molar-refractivity contribution in [2.45, 2.75) is 19.4 Å². The molecule has 0 radical (unpaired) electrons. The lowest BCUT2D eigenvalue weighted by Crippen LogP contribution is -2.10. The molecule has 0 aliphatic carbocycles. The summed E-state index contributed by atoms with van der Waals surface area (Å²) in [6.07, 6.45) is 0.726. The van der Waals surface area contributed by atoms with Crippen LogP contribution in [-0.2, 0) is 0 Å². The number of hydrogen-bond donors (Lipinski definition) is 1. The molecule has 0 spiro atoms. The normalized spacial score (nSPS) is 11.2. The van der Waals surface area contributed by atoms with Gasteiger partial charge in [0.2, 0.25) is 0 Å². The van der Waals surface area contributed by atoms with E-state index in [9.17, 15) is 0 Å². The van der Waals surface area contributed by atoms with E-state index in [1.807, 2.05) is 85.8 Å². The zero-order valence-electron chi connectivity index (χ0n) is 15.3. The summed E-state index contributed by atoms with van der Waals surface area (Å²) in [5.74, 6) is 2.78. The summed E-state index contributed by atoms with van der Waals surface area (Å²) in [6.45, 7) is 5.93. The molecule has 0 heterocycles. The van der Waals surface area contributed by atoms with Crippen molar-refractivity contribution in [3.8, 4) is 23.0 Å². The number of nitrogens with two attached hydrogens (primary N) is 1. The SMILES string of the molecule is C=C(C)C[C@@H](N)c1ccc(Oc2ccccc2)c(Oc2ccccc2)c1.Cl. The van der Waals surface area contributed by atoms with Crippen LogP contribution in [0.5, 0.6) is 23.0 Å². The minimum absolute atomic E-state index is 0. The second-order valence-electron chi connectivity index (χ2n) is 6.30. The summed E-state index contributed by atoms with van der Waals surface area (Å²) in [7, 11) is 0. The molecule has 0 fully saturated rings. The van der Waals surface area contributed by atoms with Gasteiger partial charge in [-0.05, 0) is 55.3 Å². The lowest BCUT2D eigenvalue weighted by molar-refractivity contribution is 0.417. The molecule has 1 atom stereocenters. The second kappa shape index (κ2) is 9.81. The summed E-state index contributed by atoms with van der Waals surface area (Å²) in [5, 5.41) is 0. The Balaban J connectivity index is 0.00000261. The van der Waals surface area contributed by atoms with Crippen LogP contribution < -0.4 is 15.2 Å². The van der Waals surface area contributed by atoms with Crippen molar-refractivity contribution >= 4 is 12.4 Å². The lowest BCUT2D eigenvalue weighted by Gasteiger charge is -2.17. The van der Waals surface area contributed by atoms with Crippen LogP contribution in [0.25, 0.3) is 0 Å². The van der Waals surface area contributed by atoms with Gasteiger partial charge in [0, 0.05) is 6.04 Å². The molecule has 0 bridgehead atoms. The molecular weight excluding hydrogens is 358 g/mol. The fraction of sp³-hybridized carbons (Fsp3) is 0.130. The first kappa shape index (κ1) is 20.6. The Bertz CT molecular complexity index is 866. The number of hydrogen-bond acceptors (Lipinski definition) is 3. The summed E-state index contributed by atoms with van der Waals surface area (Å²) >= 11 is 0. The van der Waals surface area contributed by atoms with Crippen molar-refractivity contribution in [1.29, 1.82) is 0 Å². The molecule has 4 heteroatoms. The quantitative estimate of drug-likeness (QED) is 0.465. The summed E-state index contributed by atoms with van der Waals surface area (Å²) in [4.78, 5) is 0. The van der Waals surface area contributed by atoms with E-state index in [2.05, 4.69) is 6.58 Å². The zero-order chi connectivity index (χ0) is 18.4. The first-order valence-corrected chi connectivity index (χ1v) is 8.61. The molecule has 0 saturated heterocycles. The van der Waals surface area contributed by atoms with E-state index < -0.39 is 0 Å². The van der Waals surface area contributed by atoms with Crippen LogP contribution >= 0.6 is 12.4 Å². The largest absolute Gasteiger partial charge is 0.453 e. The lowest BCUT2D eigenvalue weighted by atomic mass is 10.0. The molecule has 27 heavy (non-hydrogen) atoms. The Labute approximate surface area is 166 Å². The van der Waals surface area contributed by atoms with E-state index in [-0.39, 0.29) is 18.4 Å². The van der Waals surface area contributed by atoms with Gasteiger partial charge in [0.15, 0.2) is 11.5 Å². The molecule has 0 aliphatic heterocycles. The van der Waals surface area contributed by atoms with E-state index in [0.29, 0.717) is 11.5 Å². The number of benzene rings is 3. The fourth-order valence-electron chi connectivity index (χ4n) is 2.64. The fourth-order valence-corrected chi connectivity index (χ4v) is 2.64. The molecule has 3 aromatic rings. The van der Waals surface area contributed by atoms with Crippen LogP contribution in [0.2, 0.25) is 0 Å². The van der Waals surface area contributed by atoms with Crippen molar-refractivity contribution < 1.29 is 9.47 Å². The Hall–Kier alpha value is -2.75. The Morgan fingerprint density at radius 2 is 1.37 bits per heavy atom. The van der Waals surface area contributed by atoms with Gasteiger partial charge in [0.25, 0.3) is 0 Å². The van der Waals surface area contributed by atoms with Gasteiger partial charge in [-0.1, -0.05) is 48.0 Å². The minimum Gasteiger partial charge on any atom is -0.453 e. The van der Waals surface area contributed by atoms with Gasteiger partial charge in [-0.25, -0.2) is 0 Å². The van der Waals surface area contributed by atoms with Crippen molar-refractivity contribution in [3.63, 3.8) is 0 Å². The number of rotatable bonds is 7. The van der Waals surface area contributed by atoms with Crippen LogP contribution in [0.3, 0.4) is 0 Å². The van der Waals surface area contributed by atoms with E-state index in [0.717, 1.165) is 29.1 Å². The van der Waals surface area contributed by atoms with Gasteiger partial charge in [-0.3, -0.25) is 0 Å². The van der Waals surface area contributed by atoms with Crippen LogP contribution in [0.1, 0.15) is 24.9 Å². The van der Waals surface area contributed by atoms with Gasteiger partial charge in [0.1, 0.15) is 11.5 Å². The average molecular weight is 382 g/mol. The van der Waals surface area contributed by atoms with Crippen molar-refractivity contribution in [2.75, 3.05) is 0 Å². The predicted molar refractivity (Wildman–Crippen MR) is 113 cm³/mol. The highest BCUT2D eigenvalue weighted by molar-refractivity contribution is 5.85. The third kappa shape index (κ3) is 5.88. The predicted octanol–water partition coefficient (Wildman–Crippen LogP) is 6.66. The summed E-state index contributed by atoms with van der Waals surface area (Å²) in [6, 6.07) is 25.0. The molecule has 0 aromatic heterocycles. The van der Waals surface area contributed by atoms with Crippen LogP contribution in [0, 0.1) is 0 Å². The molecule has 140 valence electrons. The van der Waals surface area contributed by atoms with Crippen LogP contribution in [-0.4, -0.2) is 0 Å². The topological polar surface area (TPSA) is 44.5 Å². The molecule has 3 rings (SSSR count). The minimum atomic E-state index is -0.128. The smallest absolute Gasteiger partial charge is 0.170 e. The number of para-hydroxylation sites is 2. The summed E-state index contributed by atoms with van der Waals surface area (Å²) in [5.41, 5.74) is 8.34. The third-order valence-electron chi connectivity index (χ3n) is 3.91. The van der Waals surface area contributed by atoms with E-state index in [1.165, 1.54) is 0 Å². The maximum Gasteiger partial charge on any atom is 0.170 e. The molecule has 3 aromatic carbocycles. The van der Waals surface area contributed by atoms with Crippen molar-refractivity contribution in [2.24, 2.45) is 5.73 Å². The van der Waals surface area contributed by atoms with E-state index >= 15 is 0 Å². The van der Waals surface area contributed by atoms with E-state index in [1.54, 1.807) is 0 Å². The Morgan fingerprint density at radius 1 is 0.852 bits per heavy atom. The molecule has 0 amide bonds. The maximum absolute atomic E-state index is 6.30. The Kier molecular flexibility index (Phi) is 7.47. The highest BCUT2D eigenvalue weighted by atomic mass is 35.5. The number of halogens is 1. The van der Waals surface area contributed by atoms with Crippen molar-refractivity contribution in [1.82, 2.24) is 0 Å². The Morgan fingerprint density at radius 3 is 1.89 bits per heavy atom. The van der Waals surface area contributed by atoms with Gasteiger partial charge in [-0.2, -0.15) is 0 Å².